The molecule has 1 aliphatic carbocycles. The molecule has 4 heteroatoms. The lowest BCUT2D eigenvalue weighted by Gasteiger charge is -2.10. The number of anilines is 2. The summed E-state index contributed by atoms with van der Waals surface area (Å²) in [4.78, 5) is 11.8. The zero-order chi connectivity index (χ0) is 11.5. The third-order valence-corrected chi connectivity index (χ3v) is 2.99. The molecule has 1 aromatic carbocycles. The van der Waals surface area contributed by atoms with Gasteiger partial charge in [-0.1, -0.05) is 12.8 Å². The number of hydrogen-bond donors (Lipinski definition) is 2. The molecule has 1 aromatic rings. The predicted octanol–water partition coefficient (Wildman–Crippen LogP) is 2.54. The average Bonchev–Trinajstić information content (AvgIpc) is 2.77. The van der Waals surface area contributed by atoms with Gasteiger partial charge in [-0.15, -0.1) is 0 Å². The molecule has 16 heavy (non-hydrogen) atoms. The van der Waals surface area contributed by atoms with E-state index in [2.05, 4.69) is 5.32 Å². The maximum atomic E-state index is 12.9. The fourth-order valence-corrected chi connectivity index (χ4v) is 2.05. The summed E-state index contributed by atoms with van der Waals surface area (Å²) in [7, 11) is 0. The van der Waals surface area contributed by atoms with Gasteiger partial charge >= 0.3 is 0 Å². The van der Waals surface area contributed by atoms with E-state index >= 15 is 0 Å². The second-order valence-corrected chi connectivity index (χ2v) is 4.21. The van der Waals surface area contributed by atoms with E-state index in [1.165, 1.54) is 18.2 Å². The Balaban J connectivity index is 2.02. The Morgan fingerprint density at radius 3 is 2.69 bits per heavy atom. The summed E-state index contributed by atoms with van der Waals surface area (Å²) in [6.07, 6.45) is 4.12. The molecule has 0 unspecified atom stereocenters. The molecule has 0 bridgehead atoms. The summed E-state index contributed by atoms with van der Waals surface area (Å²) >= 11 is 0. The van der Waals surface area contributed by atoms with Crippen LogP contribution in [-0.2, 0) is 4.79 Å². The molecule has 1 aliphatic rings. The standard InChI is InChI=1S/C12H15FN2O/c13-10-6-5-9(7-11(10)14)15-12(16)8-3-1-2-4-8/h5-8H,1-4,14H2,(H,15,16). The number of nitrogens with one attached hydrogen (secondary N) is 1. The molecule has 3 N–H and O–H groups in total. The van der Waals surface area contributed by atoms with Gasteiger partial charge in [0.25, 0.3) is 0 Å². The Hall–Kier alpha value is -1.58. The lowest BCUT2D eigenvalue weighted by molar-refractivity contribution is -0.119. The van der Waals surface area contributed by atoms with Gasteiger partial charge in [-0.2, -0.15) is 0 Å². The quantitative estimate of drug-likeness (QED) is 0.755. The fourth-order valence-electron chi connectivity index (χ4n) is 2.05. The third kappa shape index (κ3) is 2.32. The predicted molar refractivity (Wildman–Crippen MR) is 61.4 cm³/mol. The molecule has 0 spiro atoms. The van der Waals surface area contributed by atoms with Crippen LogP contribution in [0.15, 0.2) is 18.2 Å². The minimum atomic E-state index is -0.459. The van der Waals surface area contributed by atoms with Gasteiger partial charge in [-0.3, -0.25) is 4.79 Å². The lowest BCUT2D eigenvalue weighted by atomic mass is 10.1. The highest BCUT2D eigenvalue weighted by Crippen LogP contribution is 2.26. The average molecular weight is 222 g/mol. The Bertz CT molecular complexity index is 400. The molecule has 3 nitrogen and oxygen atoms in total. The van der Waals surface area contributed by atoms with E-state index in [9.17, 15) is 9.18 Å². The monoisotopic (exact) mass is 222 g/mol. The van der Waals surface area contributed by atoms with Gasteiger partial charge in [0, 0.05) is 11.6 Å². The van der Waals surface area contributed by atoms with Gasteiger partial charge in [0.15, 0.2) is 0 Å². The maximum Gasteiger partial charge on any atom is 0.227 e. The van der Waals surface area contributed by atoms with E-state index in [-0.39, 0.29) is 17.5 Å². The molecule has 0 radical (unpaired) electrons. The van der Waals surface area contributed by atoms with E-state index in [0.29, 0.717) is 5.69 Å². The van der Waals surface area contributed by atoms with E-state index < -0.39 is 5.82 Å². The first-order valence-corrected chi connectivity index (χ1v) is 5.52. The van der Waals surface area contributed by atoms with Crippen LogP contribution in [0.3, 0.4) is 0 Å². The van der Waals surface area contributed by atoms with Crippen molar-refractivity contribution >= 4 is 17.3 Å². The van der Waals surface area contributed by atoms with E-state index in [1.54, 1.807) is 0 Å². The molecule has 0 atom stereocenters. The molecular formula is C12H15FN2O. The van der Waals surface area contributed by atoms with Crippen molar-refractivity contribution in [1.29, 1.82) is 0 Å². The van der Waals surface area contributed by atoms with Crippen LogP contribution in [0.5, 0.6) is 0 Å². The summed E-state index contributed by atoms with van der Waals surface area (Å²) in [5.41, 5.74) is 6.05. The SMILES string of the molecule is Nc1cc(NC(=O)C2CCCC2)ccc1F. The first kappa shape index (κ1) is 10.9. The highest BCUT2D eigenvalue weighted by atomic mass is 19.1. The number of amides is 1. The molecule has 1 amide bonds. The van der Waals surface area contributed by atoms with E-state index in [1.807, 2.05) is 0 Å². The molecule has 2 rings (SSSR count). The van der Waals surface area contributed by atoms with Crippen LogP contribution in [-0.4, -0.2) is 5.91 Å². The van der Waals surface area contributed by atoms with Crippen molar-refractivity contribution < 1.29 is 9.18 Å². The Labute approximate surface area is 93.8 Å². The zero-order valence-electron chi connectivity index (χ0n) is 9.00. The van der Waals surface area contributed by atoms with Gasteiger partial charge in [0.2, 0.25) is 5.91 Å². The van der Waals surface area contributed by atoms with Crippen molar-refractivity contribution in [3.63, 3.8) is 0 Å². The van der Waals surface area contributed by atoms with Crippen LogP contribution in [0.1, 0.15) is 25.7 Å². The summed E-state index contributed by atoms with van der Waals surface area (Å²) in [5, 5.41) is 2.77. The van der Waals surface area contributed by atoms with Gasteiger partial charge < -0.3 is 11.1 Å². The number of nitrogens with two attached hydrogens (primary N) is 1. The highest BCUT2D eigenvalue weighted by Gasteiger charge is 2.22. The Kier molecular flexibility index (Phi) is 3.08. The van der Waals surface area contributed by atoms with Gasteiger partial charge in [-0.05, 0) is 31.0 Å². The largest absolute Gasteiger partial charge is 0.396 e. The van der Waals surface area contributed by atoms with Gasteiger partial charge in [0.1, 0.15) is 5.82 Å². The molecule has 86 valence electrons. The van der Waals surface area contributed by atoms with Crippen LogP contribution in [0.25, 0.3) is 0 Å². The molecule has 0 saturated heterocycles. The summed E-state index contributed by atoms with van der Waals surface area (Å²) < 4.78 is 12.9. The normalized spacial score (nSPS) is 16.3. The van der Waals surface area contributed by atoms with E-state index in [4.69, 9.17) is 5.73 Å². The molecule has 1 fully saturated rings. The topological polar surface area (TPSA) is 55.1 Å². The van der Waals surface area contributed by atoms with Crippen LogP contribution < -0.4 is 11.1 Å². The molecule has 0 aromatic heterocycles. The van der Waals surface area contributed by atoms with Crippen molar-refractivity contribution in [1.82, 2.24) is 0 Å². The van der Waals surface area contributed by atoms with Crippen LogP contribution >= 0.6 is 0 Å². The minimum Gasteiger partial charge on any atom is -0.396 e. The number of nitrogen functional groups attached to an aromatic ring is 1. The third-order valence-electron chi connectivity index (χ3n) is 2.99. The second kappa shape index (κ2) is 4.51. The van der Waals surface area contributed by atoms with Crippen molar-refractivity contribution in [2.75, 3.05) is 11.1 Å². The highest BCUT2D eigenvalue weighted by molar-refractivity contribution is 5.93. The van der Waals surface area contributed by atoms with Crippen LogP contribution in [0, 0.1) is 11.7 Å². The van der Waals surface area contributed by atoms with Crippen LogP contribution in [0.2, 0.25) is 0 Å². The van der Waals surface area contributed by atoms with Crippen molar-refractivity contribution in [3.05, 3.63) is 24.0 Å². The summed E-state index contributed by atoms with van der Waals surface area (Å²) in [5.74, 6) is -0.339. The Morgan fingerprint density at radius 2 is 2.06 bits per heavy atom. The number of benzene rings is 1. The summed E-state index contributed by atoms with van der Waals surface area (Å²) in [6.45, 7) is 0. The molecule has 1 saturated carbocycles. The van der Waals surface area contributed by atoms with Crippen molar-refractivity contribution in [2.24, 2.45) is 5.92 Å². The molecule has 0 heterocycles. The van der Waals surface area contributed by atoms with E-state index in [0.717, 1.165) is 25.7 Å². The number of carbonyl (C=O) groups excluding carboxylic acids is 1. The first-order valence-electron chi connectivity index (χ1n) is 5.52. The number of halogens is 1. The van der Waals surface area contributed by atoms with Gasteiger partial charge in [-0.25, -0.2) is 4.39 Å². The second-order valence-electron chi connectivity index (χ2n) is 4.21. The fraction of sp³-hybridized carbons (Fsp3) is 0.417. The smallest absolute Gasteiger partial charge is 0.227 e. The summed E-state index contributed by atoms with van der Waals surface area (Å²) in [6, 6.07) is 4.24. The number of hydrogen-bond acceptors (Lipinski definition) is 2. The minimum absolute atomic E-state index is 0.0171. The maximum absolute atomic E-state index is 12.9. The van der Waals surface area contributed by atoms with Crippen molar-refractivity contribution in [3.8, 4) is 0 Å². The zero-order valence-corrected chi connectivity index (χ0v) is 9.00. The van der Waals surface area contributed by atoms with Crippen LogP contribution in [0.4, 0.5) is 15.8 Å². The van der Waals surface area contributed by atoms with Gasteiger partial charge in [0.05, 0.1) is 5.69 Å². The number of carbonyl (C=O) groups is 1. The number of rotatable bonds is 2. The lowest BCUT2D eigenvalue weighted by Crippen LogP contribution is -2.20. The molecule has 0 aliphatic heterocycles. The van der Waals surface area contributed by atoms with Crippen molar-refractivity contribution in [2.45, 2.75) is 25.7 Å². The Morgan fingerprint density at radius 1 is 1.38 bits per heavy atom. The first-order chi connectivity index (χ1) is 7.66. The molecular weight excluding hydrogens is 207 g/mol.